The zero-order chi connectivity index (χ0) is 15.4. The second-order valence-corrected chi connectivity index (χ2v) is 5.57. The van der Waals surface area contributed by atoms with Crippen LogP contribution in [0.3, 0.4) is 0 Å². The van der Waals surface area contributed by atoms with Gasteiger partial charge in [-0.15, -0.1) is 11.3 Å². The zero-order valence-corrected chi connectivity index (χ0v) is 12.5. The van der Waals surface area contributed by atoms with E-state index in [9.17, 15) is 9.59 Å². The normalized spacial score (nSPS) is 10.4. The summed E-state index contributed by atoms with van der Waals surface area (Å²) in [7, 11) is 1.59. The standard InChI is InChI=1S/C15H15NO4S/c1-9-6-12(21-13(9)15(18)19)16-14(17)11-5-3-4-10(7-11)8-20-2/h3-7H,8H2,1-2H3,(H,16,17)(H,18,19). The molecular formula is C15H15NO4S. The van der Waals surface area contributed by atoms with Gasteiger partial charge in [0.05, 0.1) is 11.6 Å². The summed E-state index contributed by atoms with van der Waals surface area (Å²) in [5.41, 5.74) is 2.04. The van der Waals surface area contributed by atoms with Crippen molar-refractivity contribution >= 4 is 28.2 Å². The minimum Gasteiger partial charge on any atom is -0.477 e. The first-order valence-electron chi connectivity index (χ1n) is 6.24. The van der Waals surface area contributed by atoms with Crippen molar-refractivity contribution in [2.24, 2.45) is 0 Å². The number of carbonyl (C=O) groups excluding carboxylic acids is 1. The number of aryl methyl sites for hydroxylation is 1. The molecule has 0 unspecified atom stereocenters. The van der Waals surface area contributed by atoms with E-state index in [0.717, 1.165) is 16.9 Å². The van der Waals surface area contributed by atoms with Crippen molar-refractivity contribution in [3.8, 4) is 0 Å². The van der Waals surface area contributed by atoms with Crippen molar-refractivity contribution in [1.29, 1.82) is 0 Å². The van der Waals surface area contributed by atoms with Crippen LogP contribution in [0.25, 0.3) is 0 Å². The molecule has 0 spiro atoms. The summed E-state index contributed by atoms with van der Waals surface area (Å²) in [4.78, 5) is 23.4. The monoisotopic (exact) mass is 305 g/mol. The number of ether oxygens (including phenoxy) is 1. The van der Waals surface area contributed by atoms with Crippen LogP contribution in [0.4, 0.5) is 5.00 Å². The Bertz CT molecular complexity index is 678. The molecule has 2 rings (SSSR count). The van der Waals surface area contributed by atoms with Crippen LogP contribution in [0.5, 0.6) is 0 Å². The number of hydrogen-bond donors (Lipinski definition) is 2. The number of rotatable bonds is 5. The number of benzene rings is 1. The van der Waals surface area contributed by atoms with Crippen molar-refractivity contribution < 1.29 is 19.4 Å². The number of amides is 1. The Kier molecular flexibility index (Phi) is 4.72. The fourth-order valence-corrected chi connectivity index (χ4v) is 2.82. The van der Waals surface area contributed by atoms with Crippen molar-refractivity contribution in [3.63, 3.8) is 0 Å². The molecule has 1 aromatic heterocycles. The van der Waals surface area contributed by atoms with E-state index in [1.807, 2.05) is 6.07 Å². The molecule has 0 atom stereocenters. The average Bonchev–Trinajstić information content (AvgIpc) is 2.80. The summed E-state index contributed by atoms with van der Waals surface area (Å²) < 4.78 is 5.03. The van der Waals surface area contributed by atoms with Gasteiger partial charge in [-0.25, -0.2) is 4.79 Å². The molecule has 0 aliphatic carbocycles. The second-order valence-electron chi connectivity index (χ2n) is 4.52. The lowest BCUT2D eigenvalue weighted by Gasteiger charge is -2.05. The third kappa shape index (κ3) is 3.68. The first-order chi connectivity index (χ1) is 10.0. The molecular weight excluding hydrogens is 290 g/mol. The Balaban J connectivity index is 2.16. The number of thiophene rings is 1. The van der Waals surface area contributed by atoms with Gasteiger partial charge in [0.2, 0.25) is 0 Å². The van der Waals surface area contributed by atoms with E-state index in [0.29, 0.717) is 22.7 Å². The molecule has 0 saturated carbocycles. The van der Waals surface area contributed by atoms with Crippen LogP contribution in [-0.4, -0.2) is 24.1 Å². The van der Waals surface area contributed by atoms with Gasteiger partial charge in [0.1, 0.15) is 4.88 Å². The Morgan fingerprint density at radius 2 is 2.10 bits per heavy atom. The van der Waals surface area contributed by atoms with Gasteiger partial charge in [-0.05, 0) is 36.2 Å². The molecule has 2 aromatic rings. The minimum absolute atomic E-state index is 0.235. The molecule has 0 saturated heterocycles. The largest absolute Gasteiger partial charge is 0.477 e. The highest BCUT2D eigenvalue weighted by atomic mass is 32.1. The topological polar surface area (TPSA) is 75.6 Å². The third-order valence-corrected chi connectivity index (χ3v) is 3.99. The molecule has 110 valence electrons. The van der Waals surface area contributed by atoms with E-state index in [2.05, 4.69) is 5.32 Å². The van der Waals surface area contributed by atoms with Crippen LogP contribution < -0.4 is 5.32 Å². The molecule has 1 amide bonds. The van der Waals surface area contributed by atoms with E-state index in [1.165, 1.54) is 0 Å². The number of carboxylic acids is 1. The van der Waals surface area contributed by atoms with Crippen LogP contribution in [0, 0.1) is 6.92 Å². The summed E-state index contributed by atoms with van der Waals surface area (Å²) in [5, 5.41) is 12.2. The Morgan fingerprint density at radius 3 is 2.71 bits per heavy atom. The van der Waals surface area contributed by atoms with Crippen molar-refractivity contribution in [1.82, 2.24) is 0 Å². The molecule has 5 nitrogen and oxygen atoms in total. The lowest BCUT2D eigenvalue weighted by atomic mass is 10.1. The minimum atomic E-state index is -0.986. The van der Waals surface area contributed by atoms with Crippen LogP contribution in [0.1, 0.15) is 31.2 Å². The van der Waals surface area contributed by atoms with Gasteiger partial charge in [-0.3, -0.25) is 4.79 Å². The number of carboxylic acid groups (broad SMARTS) is 1. The highest BCUT2D eigenvalue weighted by Crippen LogP contribution is 2.27. The van der Waals surface area contributed by atoms with Crippen LogP contribution in [0.15, 0.2) is 30.3 Å². The summed E-state index contributed by atoms with van der Waals surface area (Å²) in [6.07, 6.45) is 0. The van der Waals surface area contributed by atoms with E-state index in [4.69, 9.17) is 9.84 Å². The maximum atomic E-state index is 12.2. The SMILES string of the molecule is COCc1cccc(C(=O)Nc2cc(C)c(C(=O)O)s2)c1. The summed E-state index contributed by atoms with van der Waals surface area (Å²) >= 11 is 1.05. The number of aromatic carboxylic acids is 1. The average molecular weight is 305 g/mol. The Labute approximate surface area is 126 Å². The van der Waals surface area contributed by atoms with Gasteiger partial charge in [-0.1, -0.05) is 12.1 Å². The van der Waals surface area contributed by atoms with Gasteiger partial charge in [0, 0.05) is 12.7 Å². The zero-order valence-electron chi connectivity index (χ0n) is 11.7. The number of hydrogen-bond acceptors (Lipinski definition) is 4. The van der Waals surface area contributed by atoms with E-state index in [-0.39, 0.29) is 10.8 Å². The van der Waals surface area contributed by atoms with E-state index in [1.54, 1.807) is 38.3 Å². The van der Waals surface area contributed by atoms with Gasteiger partial charge in [0.15, 0.2) is 0 Å². The molecule has 0 aliphatic heterocycles. The quantitative estimate of drug-likeness (QED) is 0.889. The number of anilines is 1. The number of nitrogens with one attached hydrogen (secondary N) is 1. The van der Waals surface area contributed by atoms with Gasteiger partial charge < -0.3 is 15.2 Å². The number of methoxy groups -OCH3 is 1. The lowest BCUT2D eigenvalue weighted by molar-refractivity contribution is 0.0701. The van der Waals surface area contributed by atoms with E-state index < -0.39 is 5.97 Å². The predicted molar refractivity (Wildman–Crippen MR) is 81.1 cm³/mol. The number of carbonyl (C=O) groups is 2. The smallest absolute Gasteiger partial charge is 0.346 e. The molecule has 1 heterocycles. The lowest BCUT2D eigenvalue weighted by Crippen LogP contribution is -2.11. The van der Waals surface area contributed by atoms with Crippen LogP contribution in [0.2, 0.25) is 0 Å². The molecule has 0 radical (unpaired) electrons. The highest BCUT2D eigenvalue weighted by molar-refractivity contribution is 7.18. The maximum absolute atomic E-state index is 12.2. The first-order valence-corrected chi connectivity index (χ1v) is 7.06. The van der Waals surface area contributed by atoms with Crippen LogP contribution in [-0.2, 0) is 11.3 Å². The van der Waals surface area contributed by atoms with Crippen LogP contribution >= 0.6 is 11.3 Å². The molecule has 21 heavy (non-hydrogen) atoms. The maximum Gasteiger partial charge on any atom is 0.346 e. The van der Waals surface area contributed by atoms with Crippen molar-refractivity contribution in [2.75, 3.05) is 12.4 Å². The molecule has 6 heteroatoms. The Morgan fingerprint density at radius 1 is 1.33 bits per heavy atom. The van der Waals surface area contributed by atoms with Crippen molar-refractivity contribution in [3.05, 3.63) is 51.9 Å². The fourth-order valence-electron chi connectivity index (χ4n) is 1.91. The molecule has 1 aromatic carbocycles. The second kappa shape index (κ2) is 6.51. The molecule has 0 bridgehead atoms. The fraction of sp³-hybridized carbons (Fsp3) is 0.200. The van der Waals surface area contributed by atoms with E-state index >= 15 is 0 Å². The summed E-state index contributed by atoms with van der Waals surface area (Å²) in [6.45, 7) is 2.14. The van der Waals surface area contributed by atoms with Gasteiger partial charge >= 0.3 is 5.97 Å². The summed E-state index contributed by atoms with van der Waals surface area (Å²) in [5.74, 6) is -1.26. The van der Waals surface area contributed by atoms with Crippen molar-refractivity contribution in [2.45, 2.75) is 13.5 Å². The Hall–Kier alpha value is -2.18. The van der Waals surface area contributed by atoms with Gasteiger partial charge in [-0.2, -0.15) is 0 Å². The highest BCUT2D eigenvalue weighted by Gasteiger charge is 2.14. The molecule has 0 fully saturated rings. The summed E-state index contributed by atoms with van der Waals surface area (Å²) in [6, 6.07) is 8.76. The molecule has 0 aliphatic rings. The molecule has 2 N–H and O–H groups in total. The first kappa shape index (κ1) is 15.2. The third-order valence-electron chi connectivity index (χ3n) is 2.85. The predicted octanol–water partition coefficient (Wildman–Crippen LogP) is 3.15. The van der Waals surface area contributed by atoms with Gasteiger partial charge in [0.25, 0.3) is 5.91 Å².